The van der Waals surface area contributed by atoms with Crippen molar-refractivity contribution >= 4 is 11.3 Å². The fraction of sp³-hybridized carbons (Fsp3) is 0.750. The molecule has 16 heavy (non-hydrogen) atoms. The lowest BCUT2D eigenvalue weighted by Crippen LogP contribution is -2.44. The van der Waals surface area contributed by atoms with E-state index < -0.39 is 0 Å². The Morgan fingerprint density at radius 3 is 3.25 bits per heavy atom. The molecule has 0 amide bonds. The number of hydrogen-bond donors (Lipinski definition) is 1. The lowest BCUT2D eigenvalue weighted by atomic mass is 9.90. The SMILES string of the molecule is CCC1(C)CC(NCc2nccs2)CCO1. The van der Waals surface area contributed by atoms with Crippen molar-refractivity contribution in [3.05, 3.63) is 16.6 Å². The van der Waals surface area contributed by atoms with Crippen molar-refractivity contribution in [3.63, 3.8) is 0 Å². The third-order valence-corrected chi connectivity index (χ3v) is 4.15. The lowest BCUT2D eigenvalue weighted by molar-refractivity contribution is -0.0781. The second-order valence-electron chi connectivity index (χ2n) is 4.65. The van der Waals surface area contributed by atoms with E-state index in [0.29, 0.717) is 6.04 Å². The zero-order chi connectivity index (χ0) is 11.4. The van der Waals surface area contributed by atoms with Crippen LogP contribution in [0.3, 0.4) is 0 Å². The molecule has 2 atom stereocenters. The smallest absolute Gasteiger partial charge is 0.106 e. The number of aromatic nitrogens is 1. The summed E-state index contributed by atoms with van der Waals surface area (Å²) in [5, 5.41) is 6.78. The van der Waals surface area contributed by atoms with Gasteiger partial charge >= 0.3 is 0 Å². The summed E-state index contributed by atoms with van der Waals surface area (Å²) in [6.45, 7) is 6.18. The Balaban J connectivity index is 1.81. The van der Waals surface area contributed by atoms with Gasteiger partial charge in [-0.3, -0.25) is 0 Å². The minimum Gasteiger partial charge on any atom is -0.375 e. The number of thiazole rings is 1. The van der Waals surface area contributed by atoms with Gasteiger partial charge in [-0.2, -0.15) is 0 Å². The molecule has 1 aliphatic rings. The number of ether oxygens (including phenoxy) is 1. The van der Waals surface area contributed by atoms with Gasteiger partial charge in [0.1, 0.15) is 5.01 Å². The van der Waals surface area contributed by atoms with Crippen LogP contribution in [0.4, 0.5) is 0 Å². The van der Waals surface area contributed by atoms with E-state index in [9.17, 15) is 0 Å². The highest BCUT2D eigenvalue weighted by atomic mass is 32.1. The average molecular weight is 240 g/mol. The minimum atomic E-state index is 0.0682. The Morgan fingerprint density at radius 1 is 1.69 bits per heavy atom. The first-order valence-electron chi connectivity index (χ1n) is 5.97. The van der Waals surface area contributed by atoms with Gasteiger partial charge in [0.15, 0.2) is 0 Å². The standard InChI is InChI=1S/C12H20N2OS/c1-3-12(2)8-10(4-6-15-12)14-9-11-13-5-7-16-11/h5,7,10,14H,3-4,6,8-9H2,1-2H3. The largest absolute Gasteiger partial charge is 0.375 e. The summed E-state index contributed by atoms with van der Waals surface area (Å²) in [6, 6.07) is 0.572. The molecule has 1 aliphatic heterocycles. The first-order valence-corrected chi connectivity index (χ1v) is 6.85. The highest BCUT2D eigenvalue weighted by molar-refractivity contribution is 7.09. The van der Waals surface area contributed by atoms with Crippen LogP contribution in [0.25, 0.3) is 0 Å². The summed E-state index contributed by atoms with van der Waals surface area (Å²) in [7, 11) is 0. The van der Waals surface area contributed by atoms with Crippen molar-refractivity contribution in [2.24, 2.45) is 0 Å². The Bertz CT molecular complexity index is 315. The molecule has 3 nitrogen and oxygen atoms in total. The Labute approximate surface area is 101 Å². The molecular weight excluding hydrogens is 220 g/mol. The second kappa shape index (κ2) is 5.25. The van der Waals surface area contributed by atoms with E-state index in [0.717, 1.165) is 32.4 Å². The third kappa shape index (κ3) is 3.03. The zero-order valence-electron chi connectivity index (χ0n) is 10.0. The monoisotopic (exact) mass is 240 g/mol. The lowest BCUT2D eigenvalue weighted by Gasteiger charge is -2.38. The molecule has 1 saturated heterocycles. The van der Waals surface area contributed by atoms with Crippen LogP contribution in [0.2, 0.25) is 0 Å². The number of nitrogens with one attached hydrogen (secondary N) is 1. The number of rotatable bonds is 4. The summed E-state index contributed by atoms with van der Waals surface area (Å²) < 4.78 is 5.83. The molecule has 90 valence electrons. The Kier molecular flexibility index (Phi) is 3.95. The highest BCUT2D eigenvalue weighted by Gasteiger charge is 2.31. The molecule has 0 spiro atoms. The summed E-state index contributed by atoms with van der Waals surface area (Å²) in [4.78, 5) is 4.28. The molecule has 1 N–H and O–H groups in total. The van der Waals surface area contributed by atoms with Crippen LogP contribution in [-0.4, -0.2) is 23.2 Å². The van der Waals surface area contributed by atoms with Crippen molar-refractivity contribution in [2.45, 2.75) is 51.3 Å². The molecule has 2 unspecified atom stereocenters. The maximum Gasteiger partial charge on any atom is 0.106 e. The normalized spacial score (nSPS) is 30.5. The second-order valence-corrected chi connectivity index (χ2v) is 5.63. The van der Waals surface area contributed by atoms with E-state index in [1.165, 1.54) is 5.01 Å². The first-order chi connectivity index (χ1) is 7.72. The molecule has 1 aromatic rings. The van der Waals surface area contributed by atoms with E-state index in [2.05, 4.69) is 24.1 Å². The Morgan fingerprint density at radius 2 is 2.56 bits per heavy atom. The zero-order valence-corrected chi connectivity index (χ0v) is 10.8. The van der Waals surface area contributed by atoms with E-state index in [1.54, 1.807) is 11.3 Å². The summed E-state index contributed by atoms with van der Waals surface area (Å²) in [5.74, 6) is 0. The minimum absolute atomic E-state index is 0.0682. The molecule has 2 heterocycles. The van der Waals surface area contributed by atoms with Crippen molar-refractivity contribution in [1.82, 2.24) is 10.3 Å². The molecule has 2 rings (SSSR count). The fourth-order valence-corrected chi connectivity index (χ4v) is 2.69. The molecule has 0 bridgehead atoms. The highest BCUT2D eigenvalue weighted by Crippen LogP contribution is 2.27. The predicted octanol–water partition coefficient (Wildman–Crippen LogP) is 2.58. The van der Waals surface area contributed by atoms with Crippen LogP contribution in [0.1, 0.15) is 38.1 Å². The van der Waals surface area contributed by atoms with Crippen LogP contribution in [0.5, 0.6) is 0 Å². The molecule has 1 fully saturated rings. The topological polar surface area (TPSA) is 34.2 Å². The van der Waals surface area contributed by atoms with Gasteiger partial charge in [-0.1, -0.05) is 6.92 Å². The summed E-state index contributed by atoms with van der Waals surface area (Å²) in [5.41, 5.74) is 0.0682. The van der Waals surface area contributed by atoms with Crippen LogP contribution in [0.15, 0.2) is 11.6 Å². The van der Waals surface area contributed by atoms with Crippen molar-refractivity contribution in [3.8, 4) is 0 Å². The van der Waals surface area contributed by atoms with Crippen LogP contribution >= 0.6 is 11.3 Å². The maximum atomic E-state index is 5.83. The van der Waals surface area contributed by atoms with E-state index >= 15 is 0 Å². The van der Waals surface area contributed by atoms with Crippen LogP contribution < -0.4 is 5.32 Å². The van der Waals surface area contributed by atoms with Gasteiger partial charge in [-0.15, -0.1) is 11.3 Å². The number of hydrogen-bond acceptors (Lipinski definition) is 4. The van der Waals surface area contributed by atoms with Crippen LogP contribution in [-0.2, 0) is 11.3 Å². The summed E-state index contributed by atoms with van der Waals surface area (Å²) >= 11 is 1.71. The van der Waals surface area contributed by atoms with Crippen LogP contribution in [0, 0.1) is 0 Å². The van der Waals surface area contributed by atoms with Gasteiger partial charge in [0.05, 0.1) is 5.60 Å². The van der Waals surface area contributed by atoms with Gasteiger partial charge in [0.25, 0.3) is 0 Å². The molecular formula is C12H20N2OS. The summed E-state index contributed by atoms with van der Waals surface area (Å²) in [6.07, 6.45) is 5.17. The van der Waals surface area contributed by atoms with Gasteiger partial charge in [0, 0.05) is 30.8 Å². The maximum absolute atomic E-state index is 5.83. The fourth-order valence-electron chi connectivity index (χ4n) is 2.12. The van der Waals surface area contributed by atoms with E-state index in [-0.39, 0.29) is 5.60 Å². The molecule has 1 aromatic heterocycles. The van der Waals surface area contributed by atoms with E-state index in [4.69, 9.17) is 4.74 Å². The van der Waals surface area contributed by atoms with Crippen molar-refractivity contribution in [2.75, 3.05) is 6.61 Å². The molecule has 0 aliphatic carbocycles. The first kappa shape index (κ1) is 12.0. The van der Waals surface area contributed by atoms with Gasteiger partial charge in [0.2, 0.25) is 0 Å². The molecule has 0 radical (unpaired) electrons. The third-order valence-electron chi connectivity index (χ3n) is 3.37. The van der Waals surface area contributed by atoms with Crippen molar-refractivity contribution < 1.29 is 4.74 Å². The Hall–Kier alpha value is -0.450. The van der Waals surface area contributed by atoms with Gasteiger partial charge in [-0.05, 0) is 26.2 Å². The predicted molar refractivity (Wildman–Crippen MR) is 66.6 cm³/mol. The van der Waals surface area contributed by atoms with Crippen molar-refractivity contribution in [1.29, 1.82) is 0 Å². The molecule has 0 saturated carbocycles. The quantitative estimate of drug-likeness (QED) is 0.878. The van der Waals surface area contributed by atoms with Gasteiger partial charge < -0.3 is 10.1 Å². The average Bonchev–Trinajstić information content (AvgIpc) is 2.80. The van der Waals surface area contributed by atoms with Gasteiger partial charge in [-0.25, -0.2) is 4.98 Å². The molecule has 4 heteroatoms. The van der Waals surface area contributed by atoms with E-state index in [1.807, 2.05) is 11.6 Å². The number of nitrogens with zero attached hydrogens (tertiary/aromatic N) is 1. The molecule has 0 aromatic carbocycles.